The molecule has 0 aromatic carbocycles. The number of hydrogen-bond donors (Lipinski definition) is 8. The smallest absolute Gasteiger partial charge is 0.327 e. The molecule has 0 saturated carbocycles. The first-order chi connectivity index (χ1) is 12.5. The second-order valence-electron chi connectivity index (χ2n) is 5.70. The van der Waals surface area contributed by atoms with Crippen molar-refractivity contribution >= 4 is 11.9 Å². The first kappa shape index (κ1) is 32.8. The molecule has 0 fully saturated rings. The van der Waals surface area contributed by atoms with E-state index < -0.39 is 22.8 Å². The van der Waals surface area contributed by atoms with E-state index in [2.05, 4.69) is 13.2 Å². The highest BCUT2D eigenvalue weighted by atomic mass is 16.4. The van der Waals surface area contributed by atoms with Gasteiger partial charge in [0.25, 0.3) is 0 Å². The first-order valence-corrected chi connectivity index (χ1v) is 7.83. The zero-order valence-electron chi connectivity index (χ0n) is 15.9. The van der Waals surface area contributed by atoms with Crippen LogP contribution in [-0.2, 0) is 9.59 Å². The van der Waals surface area contributed by atoms with E-state index in [1.807, 2.05) is 6.92 Å². The Hall–Kier alpha value is -1.82. The van der Waals surface area contributed by atoms with Crippen molar-refractivity contribution in [1.82, 2.24) is 0 Å². The third-order valence-corrected chi connectivity index (χ3v) is 3.25. The molecule has 10 heteroatoms. The standard InChI is InChI=1S/C6H14O3.C5H12O3.2C3H4O2/c1-2-6(3-7,4-8)5-9;1-5(2-6,3-7)4-8;2*1-2-3(4)5/h7-9H,2-5H2,1H3;6-8H,2-4H2,1H3;2*2H,1H2,(H,4,5). The van der Waals surface area contributed by atoms with Crippen molar-refractivity contribution in [3.05, 3.63) is 25.3 Å². The third-order valence-electron chi connectivity index (χ3n) is 3.25. The highest BCUT2D eigenvalue weighted by Crippen LogP contribution is 2.18. The van der Waals surface area contributed by atoms with E-state index in [0.717, 1.165) is 12.2 Å². The number of hydrogen-bond acceptors (Lipinski definition) is 8. The Labute approximate surface area is 159 Å². The minimum absolute atomic E-state index is 0.156. The van der Waals surface area contributed by atoms with Crippen molar-refractivity contribution < 1.29 is 50.4 Å². The molecule has 27 heavy (non-hydrogen) atoms. The Bertz CT molecular complexity index is 343. The molecular formula is C17H34O10. The molecule has 0 amide bonds. The molecule has 0 aliphatic heterocycles. The van der Waals surface area contributed by atoms with Gasteiger partial charge in [0.05, 0.1) is 39.6 Å². The molecule has 8 N–H and O–H groups in total. The van der Waals surface area contributed by atoms with Gasteiger partial charge in [0.15, 0.2) is 0 Å². The summed E-state index contributed by atoms with van der Waals surface area (Å²) in [4.78, 5) is 18.5. The van der Waals surface area contributed by atoms with E-state index in [0.29, 0.717) is 6.42 Å². The van der Waals surface area contributed by atoms with Crippen molar-refractivity contribution in [2.24, 2.45) is 10.8 Å². The number of aliphatic hydroxyl groups is 6. The lowest BCUT2D eigenvalue weighted by Crippen LogP contribution is -2.32. The number of carboxylic acids is 2. The summed E-state index contributed by atoms with van der Waals surface area (Å²) in [6, 6.07) is 0. The summed E-state index contributed by atoms with van der Waals surface area (Å²) in [6.45, 7) is 8.34. The van der Waals surface area contributed by atoms with Gasteiger partial charge >= 0.3 is 11.9 Å². The predicted molar refractivity (Wildman–Crippen MR) is 99.0 cm³/mol. The predicted octanol–water partition coefficient (Wildman–Crippen LogP) is -1.16. The molecule has 0 heterocycles. The summed E-state index contributed by atoms with van der Waals surface area (Å²) in [7, 11) is 0. The third kappa shape index (κ3) is 22.1. The number of aliphatic carboxylic acids is 2. The van der Waals surface area contributed by atoms with Crippen LogP contribution in [-0.4, -0.2) is 92.4 Å². The molecule has 0 aliphatic carbocycles. The monoisotopic (exact) mass is 398 g/mol. The lowest BCUT2D eigenvalue weighted by Gasteiger charge is -2.24. The fourth-order valence-corrected chi connectivity index (χ4v) is 0.635. The van der Waals surface area contributed by atoms with E-state index in [1.165, 1.54) is 0 Å². The van der Waals surface area contributed by atoms with Crippen LogP contribution >= 0.6 is 0 Å². The zero-order chi connectivity index (χ0) is 22.5. The van der Waals surface area contributed by atoms with Gasteiger partial charge in [0.2, 0.25) is 0 Å². The van der Waals surface area contributed by atoms with Crippen LogP contribution in [0, 0.1) is 10.8 Å². The molecule has 0 aromatic heterocycles. The van der Waals surface area contributed by atoms with Crippen molar-refractivity contribution in [3.63, 3.8) is 0 Å². The second-order valence-corrected chi connectivity index (χ2v) is 5.70. The van der Waals surface area contributed by atoms with Crippen LogP contribution in [0.2, 0.25) is 0 Å². The van der Waals surface area contributed by atoms with Crippen molar-refractivity contribution in [2.45, 2.75) is 20.3 Å². The molecular weight excluding hydrogens is 364 g/mol. The second kappa shape index (κ2) is 20.5. The largest absolute Gasteiger partial charge is 0.478 e. The Kier molecular flexibility index (Phi) is 24.9. The highest BCUT2D eigenvalue weighted by Gasteiger charge is 2.24. The van der Waals surface area contributed by atoms with E-state index in [-0.39, 0.29) is 39.6 Å². The lowest BCUT2D eigenvalue weighted by molar-refractivity contribution is -0.132. The molecule has 0 rings (SSSR count). The molecule has 0 radical (unpaired) electrons. The topological polar surface area (TPSA) is 196 Å². The maximum atomic E-state index is 9.25. The van der Waals surface area contributed by atoms with Crippen molar-refractivity contribution in [1.29, 1.82) is 0 Å². The average molecular weight is 398 g/mol. The van der Waals surface area contributed by atoms with Crippen LogP contribution < -0.4 is 0 Å². The van der Waals surface area contributed by atoms with Gasteiger partial charge in [-0.1, -0.05) is 27.0 Å². The van der Waals surface area contributed by atoms with E-state index in [1.54, 1.807) is 6.92 Å². The van der Waals surface area contributed by atoms with Crippen LogP contribution in [0.4, 0.5) is 0 Å². The summed E-state index contributed by atoms with van der Waals surface area (Å²) in [5.74, 6) is -1.96. The first-order valence-electron chi connectivity index (χ1n) is 7.83. The van der Waals surface area contributed by atoms with Gasteiger partial charge < -0.3 is 40.9 Å². The number of aliphatic hydroxyl groups excluding tert-OH is 6. The maximum absolute atomic E-state index is 9.25. The average Bonchev–Trinajstić information content (AvgIpc) is 2.70. The van der Waals surface area contributed by atoms with Crippen LogP contribution in [0.5, 0.6) is 0 Å². The van der Waals surface area contributed by atoms with Gasteiger partial charge in [0, 0.05) is 23.0 Å². The molecule has 10 nitrogen and oxygen atoms in total. The van der Waals surface area contributed by atoms with Crippen LogP contribution in [0.3, 0.4) is 0 Å². The molecule has 0 unspecified atom stereocenters. The van der Waals surface area contributed by atoms with Crippen LogP contribution in [0.1, 0.15) is 20.3 Å². The SMILES string of the molecule is C=CC(=O)O.C=CC(=O)O.CC(CO)(CO)CO.CCC(CO)(CO)CO. The summed E-state index contributed by atoms with van der Waals surface area (Å²) >= 11 is 0. The highest BCUT2D eigenvalue weighted by molar-refractivity contribution is 5.79. The van der Waals surface area contributed by atoms with Crippen molar-refractivity contribution in [2.75, 3.05) is 39.6 Å². The van der Waals surface area contributed by atoms with Crippen molar-refractivity contribution in [3.8, 4) is 0 Å². The Morgan fingerprint density at radius 1 is 0.741 bits per heavy atom. The van der Waals surface area contributed by atoms with Gasteiger partial charge in [-0.2, -0.15) is 0 Å². The number of carbonyl (C=O) groups is 2. The summed E-state index contributed by atoms with van der Waals surface area (Å²) in [6.07, 6.45) is 2.26. The maximum Gasteiger partial charge on any atom is 0.327 e. The van der Waals surface area contributed by atoms with E-state index in [4.69, 9.17) is 40.9 Å². The van der Waals surface area contributed by atoms with E-state index >= 15 is 0 Å². The molecule has 0 bridgehead atoms. The summed E-state index contributed by atoms with van der Waals surface area (Å²) in [5, 5.41) is 66.6. The van der Waals surface area contributed by atoms with Crippen LogP contribution in [0.15, 0.2) is 25.3 Å². The lowest BCUT2D eigenvalue weighted by atomic mass is 9.88. The van der Waals surface area contributed by atoms with E-state index in [9.17, 15) is 9.59 Å². The number of carboxylic acid groups (broad SMARTS) is 2. The zero-order valence-corrected chi connectivity index (χ0v) is 15.9. The summed E-state index contributed by atoms with van der Waals surface area (Å²) < 4.78 is 0. The molecule has 0 spiro atoms. The Balaban J connectivity index is -0.000000135. The van der Waals surface area contributed by atoms with Gasteiger partial charge in [0.1, 0.15) is 0 Å². The number of rotatable bonds is 9. The normalized spacial score (nSPS) is 9.93. The van der Waals surface area contributed by atoms with Gasteiger partial charge in [-0.25, -0.2) is 9.59 Å². The van der Waals surface area contributed by atoms with Gasteiger partial charge in [-0.3, -0.25) is 0 Å². The molecule has 0 aromatic rings. The molecule has 0 atom stereocenters. The van der Waals surface area contributed by atoms with Crippen LogP contribution in [0.25, 0.3) is 0 Å². The minimum Gasteiger partial charge on any atom is -0.478 e. The molecule has 0 aliphatic rings. The fraction of sp³-hybridized carbons (Fsp3) is 0.647. The Morgan fingerprint density at radius 2 is 0.963 bits per heavy atom. The summed E-state index contributed by atoms with van der Waals surface area (Å²) in [5.41, 5.74) is -1.38. The van der Waals surface area contributed by atoms with Gasteiger partial charge in [-0.15, -0.1) is 0 Å². The fourth-order valence-electron chi connectivity index (χ4n) is 0.635. The molecule has 0 saturated heterocycles. The quantitative estimate of drug-likeness (QED) is 0.219. The molecule has 162 valence electrons. The Morgan fingerprint density at radius 3 is 0.963 bits per heavy atom. The van der Waals surface area contributed by atoms with Gasteiger partial charge in [-0.05, 0) is 6.42 Å². The minimum atomic E-state index is -0.981.